The van der Waals surface area contributed by atoms with Crippen molar-refractivity contribution in [3.63, 3.8) is 0 Å². The predicted octanol–water partition coefficient (Wildman–Crippen LogP) is 3.48. The molecule has 0 unspecified atom stereocenters. The standard InChI is InChI=1S/C16H22N2O3/c1-2-3-4-5-6-7-15(19)18-14-12-13(10-11-17-14)8-9-16(20)21/h8-12H,2-7H2,1H3,(H,20,21)(H,17,18,19)/b9-8+. The number of hydrogen-bond acceptors (Lipinski definition) is 3. The van der Waals surface area contributed by atoms with Gasteiger partial charge in [0.25, 0.3) is 0 Å². The predicted molar refractivity (Wildman–Crippen MR) is 82.9 cm³/mol. The number of anilines is 1. The number of carbonyl (C=O) groups excluding carboxylic acids is 1. The van der Waals surface area contributed by atoms with Crippen molar-refractivity contribution in [3.05, 3.63) is 30.0 Å². The molecule has 5 nitrogen and oxygen atoms in total. The van der Waals surface area contributed by atoms with Gasteiger partial charge in [0.05, 0.1) is 0 Å². The maximum Gasteiger partial charge on any atom is 0.328 e. The molecule has 0 saturated heterocycles. The van der Waals surface area contributed by atoms with Crippen LogP contribution in [-0.2, 0) is 9.59 Å². The lowest BCUT2D eigenvalue weighted by Crippen LogP contribution is -2.12. The van der Waals surface area contributed by atoms with Crippen LogP contribution in [0.1, 0.15) is 51.0 Å². The van der Waals surface area contributed by atoms with Crippen LogP contribution in [-0.4, -0.2) is 22.0 Å². The molecule has 0 spiro atoms. The Kier molecular flexibility index (Phi) is 7.79. The van der Waals surface area contributed by atoms with Crippen LogP contribution in [0.4, 0.5) is 5.82 Å². The van der Waals surface area contributed by atoms with Crippen molar-refractivity contribution in [1.82, 2.24) is 4.98 Å². The van der Waals surface area contributed by atoms with E-state index in [1.165, 1.54) is 18.9 Å². The Bertz CT molecular complexity index is 498. The van der Waals surface area contributed by atoms with Gasteiger partial charge in [-0.3, -0.25) is 4.79 Å². The molecular weight excluding hydrogens is 268 g/mol. The van der Waals surface area contributed by atoms with Gasteiger partial charge in [-0.1, -0.05) is 32.6 Å². The van der Waals surface area contributed by atoms with Crippen LogP contribution < -0.4 is 5.32 Å². The summed E-state index contributed by atoms with van der Waals surface area (Å²) < 4.78 is 0. The zero-order valence-electron chi connectivity index (χ0n) is 12.3. The molecule has 21 heavy (non-hydrogen) atoms. The van der Waals surface area contributed by atoms with Gasteiger partial charge in [-0.05, 0) is 30.2 Å². The number of nitrogens with one attached hydrogen (secondary N) is 1. The van der Waals surface area contributed by atoms with E-state index in [1.54, 1.807) is 18.3 Å². The Labute approximate surface area is 125 Å². The second-order valence-electron chi connectivity index (χ2n) is 4.86. The van der Waals surface area contributed by atoms with E-state index < -0.39 is 5.97 Å². The molecule has 2 N–H and O–H groups in total. The monoisotopic (exact) mass is 290 g/mol. The van der Waals surface area contributed by atoms with Crippen molar-refractivity contribution in [2.24, 2.45) is 0 Å². The van der Waals surface area contributed by atoms with E-state index in [-0.39, 0.29) is 5.91 Å². The van der Waals surface area contributed by atoms with Gasteiger partial charge in [0.2, 0.25) is 5.91 Å². The van der Waals surface area contributed by atoms with Gasteiger partial charge >= 0.3 is 5.97 Å². The molecule has 1 aromatic heterocycles. The van der Waals surface area contributed by atoms with Crippen molar-refractivity contribution in [3.8, 4) is 0 Å². The quantitative estimate of drug-likeness (QED) is 0.539. The molecule has 1 heterocycles. The average molecular weight is 290 g/mol. The SMILES string of the molecule is CCCCCCCC(=O)Nc1cc(/C=C/C(=O)O)ccn1. The van der Waals surface area contributed by atoms with E-state index in [4.69, 9.17) is 5.11 Å². The number of nitrogens with zero attached hydrogens (tertiary/aromatic N) is 1. The molecule has 0 radical (unpaired) electrons. The summed E-state index contributed by atoms with van der Waals surface area (Å²) in [6.45, 7) is 2.16. The summed E-state index contributed by atoms with van der Waals surface area (Å²) >= 11 is 0. The van der Waals surface area contributed by atoms with Crippen molar-refractivity contribution >= 4 is 23.8 Å². The van der Waals surface area contributed by atoms with E-state index >= 15 is 0 Å². The van der Waals surface area contributed by atoms with Gasteiger partial charge in [-0.25, -0.2) is 9.78 Å². The van der Waals surface area contributed by atoms with E-state index in [1.807, 2.05) is 0 Å². The summed E-state index contributed by atoms with van der Waals surface area (Å²) in [5.74, 6) is -0.621. The highest BCUT2D eigenvalue weighted by Crippen LogP contribution is 2.10. The first-order valence-corrected chi connectivity index (χ1v) is 7.28. The minimum atomic E-state index is -1.01. The summed E-state index contributed by atoms with van der Waals surface area (Å²) in [6.07, 6.45) is 10.0. The van der Waals surface area contributed by atoms with Gasteiger partial charge in [-0.2, -0.15) is 0 Å². The second kappa shape index (κ2) is 9.69. The Morgan fingerprint density at radius 2 is 2.05 bits per heavy atom. The van der Waals surface area contributed by atoms with Crippen LogP contribution in [0, 0.1) is 0 Å². The van der Waals surface area contributed by atoms with Gasteiger partial charge in [0, 0.05) is 18.7 Å². The van der Waals surface area contributed by atoms with Crippen LogP contribution in [0.15, 0.2) is 24.4 Å². The summed E-state index contributed by atoms with van der Waals surface area (Å²) in [5.41, 5.74) is 0.686. The van der Waals surface area contributed by atoms with Crippen molar-refractivity contribution in [2.75, 3.05) is 5.32 Å². The molecule has 0 fully saturated rings. The first kappa shape index (κ1) is 16.9. The molecule has 0 atom stereocenters. The van der Waals surface area contributed by atoms with Crippen molar-refractivity contribution < 1.29 is 14.7 Å². The Morgan fingerprint density at radius 1 is 1.29 bits per heavy atom. The molecule has 0 aliphatic rings. The highest BCUT2D eigenvalue weighted by molar-refractivity contribution is 5.90. The maximum absolute atomic E-state index is 11.8. The van der Waals surface area contributed by atoms with E-state index in [2.05, 4.69) is 17.2 Å². The highest BCUT2D eigenvalue weighted by Gasteiger charge is 2.03. The maximum atomic E-state index is 11.8. The molecule has 0 aromatic carbocycles. The number of unbranched alkanes of at least 4 members (excludes halogenated alkanes) is 4. The summed E-state index contributed by atoms with van der Waals surface area (Å²) in [4.78, 5) is 26.3. The molecule has 5 heteroatoms. The van der Waals surface area contributed by atoms with Gasteiger partial charge in [-0.15, -0.1) is 0 Å². The molecule has 0 saturated carbocycles. The molecule has 0 aliphatic carbocycles. The summed E-state index contributed by atoms with van der Waals surface area (Å²) in [7, 11) is 0. The van der Waals surface area contributed by atoms with Gasteiger partial charge in [0.1, 0.15) is 5.82 Å². The van der Waals surface area contributed by atoms with Crippen LogP contribution >= 0.6 is 0 Å². The van der Waals surface area contributed by atoms with Crippen LogP contribution in [0.2, 0.25) is 0 Å². The van der Waals surface area contributed by atoms with Crippen LogP contribution in [0.3, 0.4) is 0 Å². The van der Waals surface area contributed by atoms with Gasteiger partial charge in [0.15, 0.2) is 0 Å². The number of carbonyl (C=O) groups is 2. The number of aliphatic carboxylic acids is 1. The minimum absolute atomic E-state index is 0.0571. The lowest BCUT2D eigenvalue weighted by molar-refractivity contribution is -0.131. The Balaban J connectivity index is 2.41. The number of rotatable bonds is 9. The zero-order chi connectivity index (χ0) is 15.5. The lowest BCUT2D eigenvalue weighted by atomic mass is 10.1. The molecular formula is C16H22N2O3. The average Bonchev–Trinajstić information content (AvgIpc) is 2.45. The van der Waals surface area contributed by atoms with E-state index in [9.17, 15) is 9.59 Å². The van der Waals surface area contributed by atoms with Crippen molar-refractivity contribution in [2.45, 2.75) is 45.4 Å². The summed E-state index contributed by atoms with van der Waals surface area (Å²) in [5, 5.41) is 11.3. The third-order valence-corrected chi connectivity index (χ3v) is 2.98. The first-order valence-electron chi connectivity index (χ1n) is 7.28. The largest absolute Gasteiger partial charge is 0.478 e. The number of amides is 1. The zero-order valence-corrected chi connectivity index (χ0v) is 12.3. The number of aromatic nitrogens is 1. The molecule has 1 rings (SSSR count). The first-order chi connectivity index (χ1) is 10.1. The van der Waals surface area contributed by atoms with Crippen LogP contribution in [0.5, 0.6) is 0 Å². The Hall–Kier alpha value is -2.17. The molecule has 0 aliphatic heterocycles. The molecule has 0 bridgehead atoms. The highest BCUT2D eigenvalue weighted by atomic mass is 16.4. The number of carboxylic acid groups (broad SMARTS) is 1. The number of hydrogen-bond donors (Lipinski definition) is 2. The fraction of sp³-hybridized carbons (Fsp3) is 0.438. The third kappa shape index (κ3) is 7.87. The minimum Gasteiger partial charge on any atom is -0.478 e. The molecule has 1 amide bonds. The number of pyridine rings is 1. The van der Waals surface area contributed by atoms with E-state index in [0.29, 0.717) is 17.8 Å². The van der Waals surface area contributed by atoms with Gasteiger partial charge < -0.3 is 10.4 Å². The molecule has 1 aromatic rings. The fourth-order valence-corrected chi connectivity index (χ4v) is 1.88. The smallest absolute Gasteiger partial charge is 0.328 e. The number of carboxylic acids is 1. The topological polar surface area (TPSA) is 79.3 Å². The Morgan fingerprint density at radius 3 is 2.76 bits per heavy atom. The van der Waals surface area contributed by atoms with Crippen LogP contribution in [0.25, 0.3) is 6.08 Å². The van der Waals surface area contributed by atoms with Crippen molar-refractivity contribution in [1.29, 1.82) is 0 Å². The molecule has 114 valence electrons. The third-order valence-electron chi connectivity index (χ3n) is 2.98. The normalized spacial score (nSPS) is 10.7. The summed E-state index contributed by atoms with van der Waals surface area (Å²) in [6, 6.07) is 3.33. The lowest BCUT2D eigenvalue weighted by Gasteiger charge is -2.05. The second-order valence-corrected chi connectivity index (χ2v) is 4.86. The van der Waals surface area contributed by atoms with E-state index in [0.717, 1.165) is 25.3 Å². The fourth-order valence-electron chi connectivity index (χ4n) is 1.88.